The molecule has 3 aliphatic rings. The highest BCUT2D eigenvalue weighted by Gasteiger charge is 2.54. The molecule has 0 amide bonds. The van der Waals surface area contributed by atoms with Crippen molar-refractivity contribution in [3.63, 3.8) is 0 Å². The van der Waals surface area contributed by atoms with Crippen molar-refractivity contribution in [2.75, 3.05) is 4.90 Å². The van der Waals surface area contributed by atoms with Crippen molar-refractivity contribution in [2.45, 2.75) is 15.2 Å². The summed E-state index contributed by atoms with van der Waals surface area (Å²) in [5, 5.41) is 16.2. The van der Waals surface area contributed by atoms with Gasteiger partial charge in [0.2, 0.25) is 0 Å². The van der Waals surface area contributed by atoms with Gasteiger partial charge in [-0.2, -0.15) is 5.26 Å². The maximum atomic E-state index is 10.3. The average molecular weight is 1100 g/mol. The van der Waals surface area contributed by atoms with E-state index in [1.807, 2.05) is 60.9 Å². The molecule has 1 spiro atoms. The molecule has 0 bridgehead atoms. The highest BCUT2D eigenvalue weighted by molar-refractivity contribution is 7.99. The number of rotatable bonds is 4. The number of benzene rings is 10. The Kier molecular flexibility index (Phi) is 9.63. The number of nitriles is 1. The Morgan fingerprint density at radius 3 is 1.39 bits per heavy atom. The maximum absolute atomic E-state index is 10.3. The number of nitrogens with zero attached hydrogens (tertiary/aromatic N) is 9. The third-order valence-electron chi connectivity index (χ3n) is 17.6. The van der Waals surface area contributed by atoms with Gasteiger partial charge >= 0.3 is 0 Å². The Balaban J connectivity index is 1.01. The van der Waals surface area contributed by atoms with E-state index in [0.29, 0.717) is 28.4 Å². The van der Waals surface area contributed by atoms with Crippen LogP contribution in [0, 0.1) is 24.5 Å². The van der Waals surface area contributed by atoms with Crippen LogP contribution in [0.1, 0.15) is 27.8 Å². The lowest BCUT2D eigenvalue weighted by molar-refractivity contribution is 0.433. The van der Waals surface area contributed by atoms with Gasteiger partial charge in [-0.1, -0.05) is 127 Å². The second-order valence-corrected chi connectivity index (χ2v) is 22.8. The first kappa shape index (κ1) is 47.0. The minimum atomic E-state index is -1.17. The Morgan fingerprint density at radius 1 is 0.412 bits per heavy atom. The number of hydrogen-bond donors (Lipinski definition) is 0. The standard InChI is InChI=1S/C74H39N9OS/c1-76-44-30-33-61-52(36-44)49-16-3-6-20-58(49)80(61)46-38-56-70(78-41-46)71-57(39-47(42-79-71)81-64-23-9-11-27-68(64)85-69-28-12-10-24-65(69)81)74(56)54-18-13-25-66(82-59-21-7-4-15-48(59)51-35-43(40-75)29-32-62(51)82)72(54)84-73-55(74)19-14-26-67(73)83-60-22-8-5-17-50(60)53-37-45(77-2)31-34-63(53)83/h3-39,41-42H. The van der Waals surface area contributed by atoms with Crippen LogP contribution in [0.2, 0.25) is 0 Å². The number of para-hydroxylation sites is 7. The average Bonchev–Trinajstić information content (AvgIpc) is 1.62. The van der Waals surface area contributed by atoms with Gasteiger partial charge in [0.05, 0.1) is 121 Å². The van der Waals surface area contributed by atoms with E-state index < -0.39 is 5.41 Å². The number of aromatic nitrogens is 5. The van der Waals surface area contributed by atoms with Gasteiger partial charge in [-0.3, -0.25) is 9.97 Å². The summed E-state index contributed by atoms with van der Waals surface area (Å²) in [4.78, 5) is 23.6. The molecule has 0 radical (unpaired) electrons. The first-order valence-corrected chi connectivity index (χ1v) is 28.7. The summed E-state index contributed by atoms with van der Waals surface area (Å²) in [5.74, 6) is 1.30. The largest absolute Gasteiger partial charge is 0.452 e. The molecule has 18 rings (SSSR count). The third kappa shape index (κ3) is 6.30. The highest BCUT2D eigenvalue weighted by Crippen LogP contribution is 2.65. The van der Waals surface area contributed by atoms with Gasteiger partial charge < -0.3 is 23.3 Å². The Bertz CT molecular complexity index is 5420. The highest BCUT2D eigenvalue weighted by atomic mass is 32.2. The van der Waals surface area contributed by atoms with E-state index in [2.05, 4.69) is 210 Å². The minimum Gasteiger partial charge on any atom is -0.452 e. The second kappa shape index (κ2) is 17.4. The summed E-state index contributed by atoms with van der Waals surface area (Å²) in [5.41, 5.74) is 16.9. The van der Waals surface area contributed by atoms with Crippen LogP contribution in [-0.2, 0) is 5.41 Å². The van der Waals surface area contributed by atoms with Crippen LogP contribution in [0.25, 0.3) is 104 Å². The fraction of sp³-hybridized carbons (Fsp3) is 0.0135. The zero-order valence-electron chi connectivity index (χ0n) is 44.9. The van der Waals surface area contributed by atoms with Crippen molar-refractivity contribution in [3.8, 4) is 46.0 Å². The smallest absolute Gasteiger partial charge is 0.188 e. The maximum Gasteiger partial charge on any atom is 0.188 e. The summed E-state index contributed by atoms with van der Waals surface area (Å²) < 4.78 is 14.8. The molecule has 7 heterocycles. The number of pyridine rings is 2. The summed E-state index contributed by atoms with van der Waals surface area (Å²) in [6, 6.07) is 80.1. The molecular weight excluding hydrogens is 1060 g/mol. The van der Waals surface area contributed by atoms with Crippen LogP contribution < -0.4 is 9.64 Å². The lowest BCUT2D eigenvalue weighted by Crippen LogP contribution is -2.33. The molecule has 0 saturated carbocycles. The van der Waals surface area contributed by atoms with E-state index in [-0.39, 0.29) is 0 Å². The molecular formula is C74H39N9OS. The Morgan fingerprint density at radius 2 is 0.847 bits per heavy atom. The fourth-order valence-corrected chi connectivity index (χ4v) is 15.2. The fourth-order valence-electron chi connectivity index (χ4n) is 14.2. The molecule has 5 aromatic heterocycles. The van der Waals surface area contributed by atoms with Gasteiger partial charge in [-0.25, -0.2) is 9.69 Å². The van der Waals surface area contributed by atoms with Crippen LogP contribution in [0.4, 0.5) is 28.4 Å². The van der Waals surface area contributed by atoms with Crippen LogP contribution >= 0.6 is 11.8 Å². The topological polar surface area (TPSA) is 85.5 Å². The molecule has 2 aliphatic heterocycles. The molecule has 10 aromatic carbocycles. The summed E-state index contributed by atoms with van der Waals surface area (Å²) in [6.45, 7) is 16.1. The monoisotopic (exact) mass is 1100 g/mol. The zero-order chi connectivity index (χ0) is 56.2. The second-order valence-electron chi connectivity index (χ2n) is 21.7. The van der Waals surface area contributed by atoms with Crippen molar-refractivity contribution in [1.29, 1.82) is 5.26 Å². The van der Waals surface area contributed by atoms with E-state index in [0.717, 1.165) is 143 Å². The number of ether oxygens (including phenoxy) is 1. The Hall–Kier alpha value is -11.7. The third-order valence-corrected chi connectivity index (χ3v) is 18.7. The van der Waals surface area contributed by atoms with Gasteiger partial charge in [0.25, 0.3) is 0 Å². The van der Waals surface area contributed by atoms with Crippen molar-refractivity contribution >= 4 is 106 Å². The number of anilines is 3. The minimum absolute atomic E-state index is 0.561. The first-order chi connectivity index (χ1) is 42.0. The van der Waals surface area contributed by atoms with Gasteiger partial charge in [0, 0.05) is 53.6 Å². The molecule has 15 aromatic rings. The molecule has 0 fully saturated rings. The Labute approximate surface area is 490 Å². The molecule has 0 N–H and O–H groups in total. The molecule has 11 heteroatoms. The van der Waals surface area contributed by atoms with Crippen LogP contribution in [0.5, 0.6) is 11.5 Å². The van der Waals surface area contributed by atoms with Gasteiger partial charge in [-0.15, -0.1) is 0 Å². The predicted molar refractivity (Wildman–Crippen MR) is 338 cm³/mol. The van der Waals surface area contributed by atoms with E-state index in [1.54, 1.807) is 11.8 Å². The number of hydrogen-bond acceptors (Lipinski definition) is 6. The van der Waals surface area contributed by atoms with Gasteiger partial charge in [0.15, 0.2) is 22.9 Å². The van der Waals surface area contributed by atoms with Crippen molar-refractivity contribution in [1.82, 2.24) is 23.7 Å². The van der Waals surface area contributed by atoms with Crippen LogP contribution in [0.3, 0.4) is 0 Å². The summed E-state index contributed by atoms with van der Waals surface area (Å²) in [7, 11) is 0. The van der Waals surface area contributed by atoms with E-state index in [1.165, 1.54) is 0 Å². The van der Waals surface area contributed by atoms with E-state index in [4.69, 9.17) is 27.8 Å². The lowest BCUT2D eigenvalue weighted by atomic mass is 9.66. The van der Waals surface area contributed by atoms with Crippen molar-refractivity contribution in [2.24, 2.45) is 0 Å². The normalized spacial score (nSPS) is 14.4. The van der Waals surface area contributed by atoms with Crippen molar-refractivity contribution < 1.29 is 4.74 Å². The molecule has 1 atom stereocenters. The molecule has 0 saturated heterocycles. The summed E-state index contributed by atoms with van der Waals surface area (Å²) in [6.07, 6.45) is 3.97. The molecule has 85 heavy (non-hydrogen) atoms. The summed E-state index contributed by atoms with van der Waals surface area (Å²) >= 11 is 1.77. The van der Waals surface area contributed by atoms with E-state index in [9.17, 15) is 5.26 Å². The predicted octanol–water partition coefficient (Wildman–Crippen LogP) is 19.1. The first-order valence-electron chi connectivity index (χ1n) is 27.9. The van der Waals surface area contributed by atoms with Gasteiger partial charge in [0.1, 0.15) is 0 Å². The van der Waals surface area contributed by atoms with Crippen LogP contribution in [-0.4, -0.2) is 23.7 Å². The SMILES string of the molecule is [C-]#[N+]c1ccc2c(c1)c1ccccc1n2-c1cnc2c(c1)C1(c3cc(N4c5ccccc5Sc5ccccc54)cnc3-2)c2cccc(-n3c4ccccc4c4cc(C#N)ccc43)c2Oc2c(-n3c4ccccc4c4cc([N+]#[C-])ccc43)cccc21. The molecule has 1 unspecified atom stereocenters. The number of fused-ring (bicyclic) bond motifs is 20. The quantitative estimate of drug-likeness (QED) is 0.163. The molecule has 1 aliphatic carbocycles. The zero-order valence-corrected chi connectivity index (χ0v) is 45.7. The lowest BCUT2D eigenvalue weighted by Gasteiger charge is -2.41. The molecule has 10 nitrogen and oxygen atoms in total. The van der Waals surface area contributed by atoms with E-state index >= 15 is 0 Å². The van der Waals surface area contributed by atoms with Crippen LogP contribution in [0.15, 0.2) is 247 Å². The van der Waals surface area contributed by atoms with Gasteiger partial charge in [-0.05, 0) is 120 Å². The molecule has 392 valence electrons. The van der Waals surface area contributed by atoms with Crippen molar-refractivity contribution in [3.05, 3.63) is 288 Å².